The topological polar surface area (TPSA) is 81.1 Å². The molecule has 2 aromatic carbocycles. The lowest BCUT2D eigenvalue weighted by Crippen LogP contribution is -2.41. The Morgan fingerprint density at radius 2 is 1.86 bits per heavy atom. The maximum atomic E-state index is 13.2. The Morgan fingerprint density at radius 1 is 1.14 bits per heavy atom. The number of thioether (sulfide) groups is 1. The lowest BCUT2D eigenvalue weighted by molar-refractivity contribution is -0.116. The summed E-state index contributed by atoms with van der Waals surface area (Å²) in [5.74, 6) is 1.47. The van der Waals surface area contributed by atoms with Crippen molar-refractivity contribution in [3.63, 3.8) is 0 Å². The van der Waals surface area contributed by atoms with Gasteiger partial charge < -0.3 is 15.5 Å². The molecule has 1 amide bonds. The van der Waals surface area contributed by atoms with Crippen molar-refractivity contribution in [1.29, 1.82) is 0 Å². The van der Waals surface area contributed by atoms with E-state index in [2.05, 4.69) is 20.9 Å². The molecule has 0 unspecified atom stereocenters. The Kier molecular flexibility index (Phi) is 5.44. The van der Waals surface area contributed by atoms with Crippen LogP contribution < -0.4 is 15.5 Å². The summed E-state index contributed by atoms with van der Waals surface area (Å²) in [7, 11) is 0. The van der Waals surface area contributed by atoms with Crippen LogP contribution in [0, 0.1) is 13.8 Å². The molecule has 1 aliphatic heterocycles. The first kappa shape index (κ1) is 19.3. The monoisotopic (exact) mass is 409 g/mol. The summed E-state index contributed by atoms with van der Waals surface area (Å²) in [5, 5.41) is 11.6. The largest absolute Gasteiger partial charge is 0.494 e. The predicted octanol–water partition coefficient (Wildman–Crippen LogP) is 3.69. The van der Waals surface area contributed by atoms with Crippen molar-refractivity contribution in [3.05, 3.63) is 65.5 Å². The predicted molar refractivity (Wildman–Crippen MR) is 114 cm³/mol. The van der Waals surface area contributed by atoms with Crippen molar-refractivity contribution in [1.82, 2.24) is 14.9 Å². The summed E-state index contributed by atoms with van der Waals surface area (Å²) < 4.78 is 7.38. The zero-order chi connectivity index (χ0) is 20.4. The van der Waals surface area contributed by atoms with Gasteiger partial charge in [0.05, 0.1) is 12.6 Å². The maximum absolute atomic E-state index is 13.2. The van der Waals surface area contributed by atoms with Crippen molar-refractivity contribution in [3.8, 4) is 5.75 Å². The van der Waals surface area contributed by atoms with E-state index in [1.165, 1.54) is 11.8 Å². The molecule has 0 saturated heterocycles. The average molecular weight is 410 g/mol. The van der Waals surface area contributed by atoms with Crippen LogP contribution in [0.4, 0.5) is 5.69 Å². The fourth-order valence-corrected chi connectivity index (χ4v) is 4.32. The zero-order valence-corrected chi connectivity index (χ0v) is 17.4. The molecule has 1 aromatic heterocycles. The van der Waals surface area contributed by atoms with E-state index in [9.17, 15) is 4.79 Å². The van der Waals surface area contributed by atoms with Gasteiger partial charge in [-0.15, -0.1) is 10.2 Å². The molecule has 29 heavy (non-hydrogen) atoms. The molecule has 3 aromatic rings. The molecule has 0 bridgehead atoms. The third-order valence-corrected chi connectivity index (χ3v) is 5.94. The number of anilines is 1. The minimum absolute atomic E-state index is 0.0860. The van der Waals surface area contributed by atoms with Crippen LogP contribution in [0.1, 0.15) is 29.9 Å². The molecule has 0 radical (unpaired) electrons. The van der Waals surface area contributed by atoms with Crippen LogP contribution in [0.2, 0.25) is 0 Å². The average Bonchev–Trinajstić information content (AvgIpc) is 3.10. The van der Waals surface area contributed by atoms with Crippen molar-refractivity contribution in [2.45, 2.75) is 37.2 Å². The highest BCUT2D eigenvalue weighted by atomic mass is 32.2. The number of hydrogen-bond donors (Lipinski definition) is 2. The van der Waals surface area contributed by atoms with Crippen LogP contribution in [0.5, 0.6) is 5.75 Å². The molecular formula is C21H23N5O2S. The zero-order valence-electron chi connectivity index (χ0n) is 16.5. The van der Waals surface area contributed by atoms with E-state index in [1.807, 2.05) is 74.0 Å². The molecule has 0 aliphatic carbocycles. The number of hydrogen-bond acceptors (Lipinski definition) is 6. The number of benzene rings is 2. The van der Waals surface area contributed by atoms with E-state index < -0.39 is 5.25 Å². The SMILES string of the molecule is CCOc1ccc([C@@H]2Nn3c(C)nnc3S[C@@H]2C(=O)Nc2ccc(C)cc2)cc1. The summed E-state index contributed by atoms with van der Waals surface area (Å²) in [6, 6.07) is 15.4. The van der Waals surface area contributed by atoms with E-state index in [4.69, 9.17) is 4.74 Å². The van der Waals surface area contributed by atoms with Crippen LogP contribution in [0.3, 0.4) is 0 Å². The van der Waals surface area contributed by atoms with Gasteiger partial charge in [-0.3, -0.25) is 4.79 Å². The van der Waals surface area contributed by atoms with Gasteiger partial charge in [0, 0.05) is 5.69 Å². The number of nitrogens with one attached hydrogen (secondary N) is 2. The number of nitrogens with zero attached hydrogens (tertiary/aromatic N) is 3. The smallest absolute Gasteiger partial charge is 0.240 e. The van der Waals surface area contributed by atoms with Crippen LogP contribution in [0.25, 0.3) is 0 Å². The van der Waals surface area contributed by atoms with Gasteiger partial charge in [-0.25, -0.2) is 4.68 Å². The molecule has 0 spiro atoms. The standard InChI is InChI=1S/C21H23N5O2S/c1-4-28-17-11-7-15(8-12-17)18-19(29-21-24-23-14(3)26(21)25-18)20(27)22-16-9-5-13(2)6-10-16/h5-12,18-19,25H,4H2,1-3H3,(H,22,27)/t18-,19-/m0/s1. The highest BCUT2D eigenvalue weighted by molar-refractivity contribution is 8.00. The minimum Gasteiger partial charge on any atom is -0.494 e. The van der Waals surface area contributed by atoms with Crippen molar-refractivity contribution >= 4 is 23.4 Å². The fourth-order valence-electron chi connectivity index (χ4n) is 3.20. The fraction of sp³-hybridized carbons (Fsp3) is 0.286. The number of ether oxygens (including phenoxy) is 1. The normalized spacial score (nSPS) is 17.9. The lowest BCUT2D eigenvalue weighted by Gasteiger charge is -2.32. The molecule has 1 aliphatic rings. The molecular weight excluding hydrogens is 386 g/mol. The number of aryl methyl sites for hydroxylation is 2. The van der Waals surface area contributed by atoms with Gasteiger partial charge >= 0.3 is 0 Å². The van der Waals surface area contributed by atoms with Crippen molar-refractivity contribution in [2.75, 3.05) is 17.3 Å². The Balaban J connectivity index is 1.62. The molecule has 0 saturated carbocycles. The third-order valence-electron chi connectivity index (χ3n) is 4.73. The first-order chi connectivity index (χ1) is 14.0. The molecule has 2 atom stereocenters. The second kappa shape index (κ2) is 8.16. The van der Waals surface area contributed by atoms with Gasteiger partial charge in [-0.2, -0.15) is 0 Å². The molecule has 2 N–H and O–H groups in total. The number of amides is 1. The van der Waals surface area contributed by atoms with Gasteiger partial charge in [-0.1, -0.05) is 41.6 Å². The lowest BCUT2D eigenvalue weighted by atomic mass is 10.0. The molecule has 0 fully saturated rings. The number of carbonyl (C=O) groups excluding carboxylic acids is 1. The minimum atomic E-state index is -0.412. The second-order valence-electron chi connectivity index (χ2n) is 6.87. The van der Waals surface area contributed by atoms with Crippen LogP contribution in [0.15, 0.2) is 53.7 Å². The van der Waals surface area contributed by atoms with Gasteiger partial charge in [0.2, 0.25) is 11.1 Å². The van der Waals surface area contributed by atoms with Crippen molar-refractivity contribution in [2.24, 2.45) is 0 Å². The summed E-state index contributed by atoms with van der Waals surface area (Å²) in [4.78, 5) is 13.2. The Bertz CT molecular complexity index is 1000. The van der Waals surface area contributed by atoms with Crippen LogP contribution in [-0.4, -0.2) is 32.6 Å². The Labute approximate surface area is 173 Å². The van der Waals surface area contributed by atoms with E-state index in [0.29, 0.717) is 11.8 Å². The molecule has 150 valence electrons. The van der Waals surface area contributed by atoms with Gasteiger partial charge in [0.25, 0.3) is 0 Å². The highest BCUT2D eigenvalue weighted by Gasteiger charge is 2.37. The Hall–Kier alpha value is -3.00. The molecule has 2 heterocycles. The van der Waals surface area contributed by atoms with Crippen LogP contribution >= 0.6 is 11.8 Å². The number of fused-ring (bicyclic) bond motifs is 1. The first-order valence-corrected chi connectivity index (χ1v) is 10.4. The first-order valence-electron chi connectivity index (χ1n) is 9.50. The quantitative estimate of drug-likeness (QED) is 0.669. The van der Waals surface area contributed by atoms with E-state index in [0.717, 1.165) is 28.4 Å². The summed E-state index contributed by atoms with van der Waals surface area (Å²) in [6.07, 6.45) is 0. The maximum Gasteiger partial charge on any atom is 0.240 e. The van der Waals surface area contributed by atoms with Gasteiger partial charge in [-0.05, 0) is 50.6 Å². The number of aromatic nitrogens is 3. The summed E-state index contributed by atoms with van der Waals surface area (Å²) >= 11 is 1.41. The molecule has 8 heteroatoms. The van der Waals surface area contributed by atoms with E-state index in [-0.39, 0.29) is 11.9 Å². The van der Waals surface area contributed by atoms with Crippen LogP contribution in [-0.2, 0) is 4.79 Å². The molecule has 4 rings (SSSR count). The van der Waals surface area contributed by atoms with Gasteiger partial charge in [0.1, 0.15) is 16.8 Å². The third kappa shape index (κ3) is 4.07. The van der Waals surface area contributed by atoms with E-state index >= 15 is 0 Å². The highest BCUT2D eigenvalue weighted by Crippen LogP contribution is 2.37. The summed E-state index contributed by atoms with van der Waals surface area (Å²) in [6.45, 7) is 6.46. The molecule has 7 nitrogen and oxygen atoms in total. The number of carbonyl (C=O) groups is 1. The van der Waals surface area contributed by atoms with E-state index in [1.54, 1.807) is 0 Å². The van der Waals surface area contributed by atoms with Gasteiger partial charge in [0.15, 0.2) is 0 Å². The Morgan fingerprint density at radius 3 is 2.55 bits per heavy atom. The summed E-state index contributed by atoms with van der Waals surface area (Å²) in [5.41, 5.74) is 6.32. The second-order valence-corrected chi connectivity index (χ2v) is 7.98. The van der Waals surface area contributed by atoms with Crippen molar-refractivity contribution < 1.29 is 9.53 Å². The number of rotatable bonds is 5.